The third-order valence-corrected chi connectivity index (χ3v) is 0.723. The summed E-state index contributed by atoms with van der Waals surface area (Å²) in [7, 11) is 3.07. The second kappa shape index (κ2) is 2.86. The van der Waals surface area contributed by atoms with E-state index in [9.17, 15) is 0 Å². The van der Waals surface area contributed by atoms with E-state index in [1.54, 1.807) is 13.2 Å². The standard InChI is InChI=1S/C4H8N4/c1-7-4(6)8(2)3-5/h1-2H3,(H2,6,7). The Hall–Kier alpha value is -1.24. The molecule has 0 aromatic carbocycles. The molecule has 0 atom stereocenters. The first-order chi connectivity index (χ1) is 3.72. The van der Waals surface area contributed by atoms with Crippen molar-refractivity contribution in [1.29, 1.82) is 5.26 Å². The lowest BCUT2D eigenvalue weighted by molar-refractivity contribution is 0.698. The molecular weight excluding hydrogens is 104 g/mol. The summed E-state index contributed by atoms with van der Waals surface area (Å²) in [5, 5.41) is 8.15. The Labute approximate surface area is 48.2 Å². The third-order valence-electron chi connectivity index (χ3n) is 0.723. The minimum absolute atomic E-state index is 0.229. The normalized spacial score (nSPS) is 10.4. The van der Waals surface area contributed by atoms with Gasteiger partial charge in [0.05, 0.1) is 0 Å². The summed E-state index contributed by atoms with van der Waals surface area (Å²) in [4.78, 5) is 4.74. The average Bonchev–Trinajstić information content (AvgIpc) is 1.84. The highest BCUT2D eigenvalue weighted by Crippen LogP contribution is 1.73. The van der Waals surface area contributed by atoms with Crippen molar-refractivity contribution in [1.82, 2.24) is 4.90 Å². The fourth-order valence-corrected chi connectivity index (χ4v) is 0.201. The molecule has 0 rings (SSSR count). The van der Waals surface area contributed by atoms with Crippen LogP contribution < -0.4 is 5.73 Å². The summed E-state index contributed by atoms with van der Waals surface area (Å²) in [5.74, 6) is 0.229. The van der Waals surface area contributed by atoms with Crippen LogP contribution in [0.25, 0.3) is 0 Å². The summed E-state index contributed by atoms with van der Waals surface area (Å²) < 4.78 is 0. The van der Waals surface area contributed by atoms with Crippen LogP contribution in [-0.2, 0) is 0 Å². The molecular formula is C4H8N4. The Balaban J connectivity index is 3.87. The largest absolute Gasteiger partial charge is 0.369 e. The van der Waals surface area contributed by atoms with E-state index in [0.717, 1.165) is 0 Å². The molecule has 0 saturated carbocycles. The minimum Gasteiger partial charge on any atom is -0.369 e. The SMILES string of the molecule is CN=C(N)N(C)C#N. The molecule has 0 unspecified atom stereocenters. The first-order valence-corrected chi connectivity index (χ1v) is 2.08. The molecule has 0 fully saturated rings. The predicted molar refractivity (Wildman–Crippen MR) is 30.9 cm³/mol. The Bertz CT molecular complexity index is 131. The molecule has 0 radical (unpaired) electrons. The van der Waals surface area contributed by atoms with Gasteiger partial charge < -0.3 is 5.73 Å². The van der Waals surface area contributed by atoms with E-state index in [1.165, 1.54) is 11.9 Å². The Morgan fingerprint density at radius 1 is 1.88 bits per heavy atom. The lowest BCUT2D eigenvalue weighted by Crippen LogP contribution is -2.29. The lowest BCUT2D eigenvalue weighted by Gasteiger charge is -2.03. The molecule has 8 heavy (non-hydrogen) atoms. The molecule has 0 aromatic rings. The van der Waals surface area contributed by atoms with Gasteiger partial charge in [-0.15, -0.1) is 0 Å². The topological polar surface area (TPSA) is 65.4 Å². The molecule has 0 saturated heterocycles. The van der Waals surface area contributed by atoms with Crippen LogP contribution >= 0.6 is 0 Å². The van der Waals surface area contributed by atoms with Crippen LogP contribution in [0.4, 0.5) is 0 Å². The van der Waals surface area contributed by atoms with Crippen molar-refractivity contribution in [3.8, 4) is 6.19 Å². The van der Waals surface area contributed by atoms with Crippen molar-refractivity contribution in [3.05, 3.63) is 0 Å². The fraction of sp³-hybridized carbons (Fsp3) is 0.500. The van der Waals surface area contributed by atoms with E-state index in [2.05, 4.69) is 4.99 Å². The first-order valence-electron chi connectivity index (χ1n) is 2.08. The summed E-state index contributed by atoms with van der Waals surface area (Å²) in [5.41, 5.74) is 5.18. The number of aliphatic imine (C=N–C) groups is 1. The Morgan fingerprint density at radius 2 is 2.38 bits per heavy atom. The van der Waals surface area contributed by atoms with Gasteiger partial charge in [0.2, 0.25) is 5.96 Å². The van der Waals surface area contributed by atoms with E-state index in [-0.39, 0.29) is 5.96 Å². The number of nitrogens with zero attached hydrogens (tertiary/aromatic N) is 3. The summed E-state index contributed by atoms with van der Waals surface area (Å²) in [6, 6.07) is 0. The lowest BCUT2D eigenvalue weighted by atomic mass is 10.8. The highest BCUT2D eigenvalue weighted by molar-refractivity contribution is 5.78. The second-order valence-corrected chi connectivity index (χ2v) is 1.24. The Morgan fingerprint density at radius 3 is 2.50 bits per heavy atom. The van der Waals surface area contributed by atoms with Gasteiger partial charge in [-0.25, -0.2) is 0 Å². The maximum atomic E-state index is 8.15. The summed E-state index contributed by atoms with van der Waals surface area (Å²) >= 11 is 0. The maximum absolute atomic E-state index is 8.15. The van der Waals surface area contributed by atoms with E-state index in [0.29, 0.717) is 0 Å². The molecule has 4 nitrogen and oxygen atoms in total. The highest BCUT2D eigenvalue weighted by Gasteiger charge is 1.93. The molecule has 0 aromatic heterocycles. The van der Waals surface area contributed by atoms with Crippen molar-refractivity contribution in [3.63, 3.8) is 0 Å². The van der Waals surface area contributed by atoms with Gasteiger partial charge in [0.15, 0.2) is 6.19 Å². The van der Waals surface area contributed by atoms with Gasteiger partial charge in [-0.2, -0.15) is 5.26 Å². The van der Waals surface area contributed by atoms with Gasteiger partial charge in [0.1, 0.15) is 0 Å². The molecule has 0 heterocycles. The molecule has 0 aliphatic rings. The molecule has 44 valence electrons. The van der Waals surface area contributed by atoms with Gasteiger partial charge in [0, 0.05) is 14.1 Å². The minimum atomic E-state index is 0.229. The molecule has 0 amide bonds. The van der Waals surface area contributed by atoms with Crippen molar-refractivity contribution >= 4 is 5.96 Å². The number of hydrogen-bond acceptors (Lipinski definition) is 2. The van der Waals surface area contributed by atoms with Crippen LogP contribution in [0, 0.1) is 11.5 Å². The van der Waals surface area contributed by atoms with E-state index in [1.807, 2.05) is 0 Å². The first kappa shape index (κ1) is 6.76. The number of hydrogen-bond donors (Lipinski definition) is 1. The molecule has 0 aliphatic carbocycles. The van der Waals surface area contributed by atoms with Gasteiger partial charge in [-0.05, 0) is 0 Å². The summed E-state index contributed by atoms with van der Waals surface area (Å²) in [6.45, 7) is 0. The van der Waals surface area contributed by atoms with Crippen molar-refractivity contribution in [2.75, 3.05) is 14.1 Å². The smallest absolute Gasteiger partial charge is 0.204 e. The molecule has 0 bridgehead atoms. The zero-order chi connectivity index (χ0) is 6.57. The van der Waals surface area contributed by atoms with Crippen molar-refractivity contribution in [2.24, 2.45) is 10.7 Å². The van der Waals surface area contributed by atoms with E-state index < -0.39 is 0 Å². The number of rotatable bonds is 0. The van der Waals surface area contributed by atoms with E-state index >= 15 is 0 Å². The zero-order valence-corrected chi connectivity index (χ0v) is 4.92. The molecule has 0 aliphatic heterocycles. The number of nitrogens with two attached hydrogens (primary N) is 1. The van der Waals surface area contributed by atoms with Crippen LogP contribution in [0.1, 0.15) is 0 Å². The highest BCUT2D eigenvalue weighted by atomic mass is 15.2. The molecule has 0 spiro atoms. The molecule has 2 N–H and O–H groups in total. The Kier molecular flexibility index (Phi) is 2.41. The maximum Gasteiger partial charge on any atom is 0.204 e. The monoisotopic (exact) mass is 112 g/mol. The number of guanidine groups is 1. The molecule has 4 heteroatoms. The predicted octanol–water partition coefficient (Wildman–Crippen LogP) is -0.656. The number of nitriles is 1. The van der Waals surface area contributed by atoms with Crippen LogP contribution in [0.3, 0.4) is 0 Å². The van der Waals surface area contributed by atoms with Crippen LogP contribution in [-0.4, -0.2) is 25.0 Å². The van der Waals surface area contributed by atoms with Gasteiger partial charge in [-0.1, -0.05) is 0 Å². The zero-order valence-electron chi connectivity index (χ0n) is 4.92. The second-order valence-electron chi connectivity index (χ2n) is 1.24. The summed E-state index contributed by atoms with van der Waals surface area (Å²) in [6.07, 6.45) is 1.79. The average molecular weight is 112 g/mol. The quantitative estimate of drug-likeness (QED) is 0.196. The van der Waals surface area contributed by atoms with Crippen molar-refractivity contribution in [2.45, 2.75) is 0 Å². The third kappa shape index (κ3) is 1.47. The van der Waals surface area contributed by atoms with Crippen LogP contribution in [0.2, 0.25) is 0 Å². The van der Waals surface area contributed by atoms with Crippen molar-refractivity contribution < 1.29 is 0 Å². The van der Waals surface area contributed by atoms with E-state index in [4.69, 9.17) is 11.0 Å². The van der Waals surface area contributed by atoms with Gasteiger partial charge >= 0.3 is 0 Å². The van der Waals surface area contributed by atoms with Gasteiger partial charge in [-0.3, -0.25) is 9.89 Å². The van der Waals surface area contributed by atoms with Crippen LogP contribution in [0.15, 0.2) is 4.99 Å². The van der Waals surface area contributed by atoms with Gasteiger partial charge in [0.25, 0.3) is 0 Å². The fourth-order valence-electron chi connectivity index (χ4n) is 0.201. The van der Waals surface area contributed by atoms with Crippen LogP contribution in [0.5, 0.6) is 0 Å².